The fourth-order valence-corrected chi connectivity index (χ4v) is 1.96. The van der Waals surface area contributed by atoms with Crippen molar-refractivity contribution in [3.8, 4) is 0 Å². The van der Waals surface area contributed by atoms with Gasteiger partial charge in [-0.15, -0.1) is 11.3 Å². The van der Waals surface area contributed by atoms with E-state index in [-0.39, 0.29) is 13.2 Å². The number of hydrogen-bond donors (Lipinski definition) is 1. The molecular formula is C10H14F4N2O2S. The van der Waals surface area contributed by atoms with E-state index in [1.807, 2.05) is 0 Å². The van der Waals surface area contributed by atoms with Gasteiger partial charge in [-0.2, -0.15) is 8.78 Å². The van der Waals surface area contributed by atoms with Gasteiger partial charge in [-0.05, 0) is 0 Å². The van der Waals surface area contributed by atoms with Crippen molar-refractivity contribution >= 4 is 11.3 Å². The molecule has 19 heavy (non-hydrogen) atoms. The Bertz CT molecular complexity index is 389. The molecule has 1 rings (SSSR count). The monoisotopic (exact) mass is 302 g/mol. The van der Waals surface area contributed by atoms with Crippen LogP contribution in [0.25, 0.3) is 0 Å². The zero-order chi connectivity index (χ0) is 14.5. The third-order valence-corrected chi connectivity index (χ3v) is 2.98. The lowest BCUT2D eigenvalue weighted by Crippen LogP contribution is -2.32. The zero-order valence-electron chi connectivity index (χ0n) is 10.1. The second-order valence-electron chi connectivity index (χ2n) is 3.78. The molecule has 0 radical (unpaired) electrons. The number of ether oxygens (including phenoxy) is 2. The molecule has 1 atom stereocenters. The second-order valence-corrected chi connectivity index (χ2v) is 4.73. The number of nitrogens with two attached hydrogens (primary N) is 1. The number of thiazole rings is 1. The summed E-state index contributed by atoms with van der Waals surface area (Å²) in [6.45, 7) is -1.33. The van der Waals surface area contributed by atoms with Crippen LogP contribution in [-0.4, -0.2) is 37.7 Å². The van der Waals surface area contributed by atoms with E-state index in [1.54, 1.807) is 5.38 Å². The lowest BCUT2D eigenvalue weighted by Gasteiger charge is -2.14. The average molecular weight is 302 g/mol. The predicted molar refractivity (Wildman–Crippen MR) is 61.5 cm³/mol. The summed E-state index contributed by atoms with van der Waals surface area (Å²) in [7, 11) is 1.49. The molecule has 0 spiro atoms. The largest absolute Gasteiger partial charge is 0.383 e. The highest BCUT2D eigenvalue weighted by atomic mass is 32.1. The van der Waals surface area contributed by atoms with E-state index in [2.05, 4.69) is 9.72 Å². The molecule has 110 valence electrons. The molecule has 0 saturated heterocycles. The van der Waals surface area contributed by atoms with Crippen LogP contribution >= 0.6 is 11.3 Å². The van der Waals surface area contributed by atoms with Crippen LogP contribution in [0.4, 0.5) is 17.6 Å². The van der Waals surface area contributed by atoms with Gasteiger partial charge in [0.25, 0.3) is 0 Å². The van der Waals surface area contributed by atoms with E-state index in [9.17, 15) is 17.6 Å². The van der Waals surface area contributed by atoms with Gasteiger partial charge in [0.2, 0.25) is 0 Å². The first-order chi connectivity index (χ1) is 8.86. The molecule has 0 aliphatic carbocycles. The molecule has 0 saturated carbocycles. The maximum atomic E-state index is 12.6. The molecular weight excluding hydrogens is 288 g/mol. The Morgan fingerprint density at radius 1 is 1.47 bits per heavy atom. The lowest BCUT2D eigenvalue weighted by molar-refractivity contribution is -0.168. The van der Waals surface area contributed by atoms with E-state index >= 15 is 0 Å². The first-order valence-electron chi connectivity index (χ1n) is 5.29. The Balaban J connectivity index is 2.42. The standard InChI is InChI=1S/C10H14F4N2O2S/c1-17-2-6(15)7-4-19-8(16-7)3-18-5-10(13,14)9(11)12/h4,6,9H,2-3,5,15H2,1H3. The molecule has 1 aromatic rings. The van der Waals surface area contributed by atoms with Crippen molar-refractivity contribution in [2.45, 2.75) is 25.0 Å². The predicted octanol–water partition coefficient (Wildman–Crippen LogP) is 2.21. The van der Waals surface area contributed by atoms with Gasteiger partial charge in [0.05, 0.1) is 24.9 Å². The number of hydrogen-bond acceptors (Lipinski definition) is 5. The van der Waals surface area contributed by atoms with E-state index in [0.29, 0.717) is 10.7 Å². The molecule has 0 aliphatic rings. The second kappa shape index (κ2) is 7.13. The minimum absolute atomic E-state index is 0.257. The normalized spacial score (nSPS) is 14.1. The minimum Gasteiger partial charge on any atom is -0.383 e. The number of alkyl halides is 4. The van der Waals surface area contributed by atoms with Crippen molar-refractivity contribution < 1.29 is 27.0 Å². The Morgan fingerprint density at radius 2 is 2.16 bits per heavy atom. The molecule has 4 nitrogen and oxygen atoms in total. The Labute approximate surface area is 111 Å². The smallest absolute Gasteiger partial charge is 0.330 e. The summed E-state index contributed by atoms with van der Waals surface area (Å²) in [5.74, 6) is -4.15. The van der Waals surface area contributed by atoms with Crippen LogP contribution < -0.4 is 5.73 Å². The van der Waals surface area contributed by atoms with Gasteiger partial charge in [-0.25, -0.2) is 13.8 Å². The first-order valence-corrected chi connectivity index (χ1v) is 6.17. The summed E-state index contributed by atoms with van der Waals surface area (Å²) in [6.07, 6.45) is -3.74. The number of rotatable bonds is 8. The van der Waals surface area contributed by atoms with Crippen molar-refractivity contribution in [3.63, 3.8) is 0 Å². The van der Waals surface area contributed by atoms with Gasteiger partial charge in [0.15, 0.2) is 0 Å². The zero-order valence-corrected chi connectivity index (χ0v) is 10.9. The van der Waals surface area contributed by atoms with E-state index in [1.165, 1.54) is 7.11 Å². The molecule has 0 amide bonds. The van der Waals surface area contributed by atoms with Crippen molar-refractivity contribution in [1.82, 2.24) is 4.98 Å². The number of halogens is 4. The highest BCUT2D eigenvalue weighted by Crippen LogP contribution is 2.24. The van der Waals surface area contributed by atoms with E-state index in [4.69, 9.17) is 10.5 Å². The van der Waals surface area contributed by atoms with Crippen molar-refractivity contribution in [3.05, 3.63) is 16.1 Å². The summed E-state index contributed by atoms with van der Waals surface area (Å²) in [5.41, 5.74) is 6.26. The van der Waals surface area contributed by atoms with Gasteiger partial charge in [0, 0.05) is 12.5 Å². The molecule has 0 fully saturated rings. The Morgan fingerprint density at radius 3 is 2.74 bits per heavy atom. The molecule has 0 bridgehead atoms. The molecule has 2 N–H and O–H groups in total. The third-order valence-electron chi connectivity index (χ3n) is 2.13. The summed E-state index contributed by atoms with van der Waals surface area (Å²) >= 11 is 1.16. The lowest BCUT2D eigenvalue weighted by atomic mass is 10.3. The van der Waals surface area contributed by atoms with Gasteiger partial charge in [0.1, 0.15) is 11.6 Å². The maximum Gasteiger partial charge on any atom is 0.330 e. The molecule has 0 aliphatic heterocycles. The molecule has 1 heterocycles. The number of aromatic nitrogens is 1. The quantitative estimate of drug-likeness (QED) is 0.748. The van der Waals surface area contributed by atoms with Crippen LogP contribution in [0.15, 0.2) is 5.38 Å². The SMILES string of the molecule is COCC(N)c1csc(COCC(F)(F)C(F)F)n1. The van der Waals surface area contributed by atoms with Gasteiger partial charge >= 0.3 is 12.3 Å². The summed E-state index contributed by atoms with van der Waals surface area (Å²) in [4.78, 5) is 4.05. The highest BCUT2D eigenvalue weighted by molar-refractivity contribution is 7.09. The minimum atomic E-state index is -4.15. The Kier molecular flexibility index (Phi) is 6.11. The van der Waals surface area contributed by atoms with Gasteiger partial charge in [-0.1, -0.05) is 0 Å². The molecule has 9 heteroatoms. The van der Waals surface area contributed by atoms with Crippen molar-refractivity contribution in [1.29, 1.82) is 0 Å². The van der Waals surface area contributed by atoms with Crippen molar-refractivity contribution in [2.24, 2.45) is 5.73 Å². The third kappa shape index (κ3) is 5.01. The van der Waals surface area contributed by atoms with Crippen molar-refractivity contribution in [2.75, 3.05) is 20.3 Å². The average Bonchev–Trinajstić information content (AvgIpc) is 2.77. The topological polar surface area (TPSA) is 57.4 Å². The summed E-state index contributed by atoms with van der Waals surface area (Å²) in [6, 6.07) is -0.419. The molecule has 1 aromatic heterocycles. The highest BCUT2D eigenvalue weighted by Gasteiger charge is 2.40. The van der Waals surface area contributed by atoms with Crippen LogP contribution in [0.3, 0.4) is 0 Å². The number of nitrogens with zero attached hydrogens (tertiary/aromatic N) is 1. The van der Waals surface area contributed by atoms with E-state index in [0.717, 1.165) is 11.3 Å². The van der Waals surface area contributed by atoms with Crippen LogP contribution in [0.5, 0.6) is 0 Å². The summed E-state index contributed by atoms with van der Waals surface area (Å²) < 4.78 is 58.2. The molecule has 0 aromatic carbocycles. The van der Waals surface area contributed by atoms with Crippen LogP contribution in [0.2, 0.25) is 0 Å². The van der Waals surface area contributed by atoms with Crippen LogP contribution in [0.1, 0.15) is 16.7 Å². The Hall–Kier alpha value is -0.770. The fourth-order valence-electron chi connectivity index (χ4n) is 1.16. The van der Waals surface area contributed by atoms with Crippen LogP contribution in [0, 0.1) is 0 Å². The number of methoxy groups -OCH3 is 1. The first kappa shape index (κ1) is 16.3. The fraction of sp³-hybridized carbons (Fsp3) is 0.700. The van der Waals surface area contributed by atoms with Gasteiger partial charge in [-0.3, -0.25) is 0 Å². The maximum absolute atomic E-state index is 12.6. The van der Waals surface area contributed by atoms with Crippen LogP contribution in [-0.2, 0) is 16.1 Å². The molecule has 1 unspecified atom stereocenters. The van der Waals surface area contributed by atoms with Gasteiger partial charge < -0.3 is 15.2 Å². The van der Waals surface area contributed by atoms with E-state index < -0.39 is 25.0 Å². The summed E-state index contributed by atoms with van der Waals surface area (Å²) in [5, 5.41) is 2.04.